The van der Waals surface area contributed by atoms with Crippen LogP contribution in [-0.2, 0) is 4.79 Å². The molecule has 1 amide bonds. The molecule has 0 N–H and O–H groups in total. The summed E-state index contributed by atoms with van der Waals surface area (Å²) in [6.07, 6.45) is 2.91. The zero-order valence-electron chi connectivity index (χ0n) is 14.9. The first-order chi connectivity index (χ1) is 12.3. The standard InChI is InChI=1S/C20H20N2O4/c1-14-4-9-17(10-5-14)20(24)15(2)21(3)19(23)13-8-16-6-11-18(12-7-16)22(25)26/h4-13,15H,1-3H3/b13-8+. The van der Waals surface area contributed by atoms with Crippen molar-refractivity contribution in [3.8, 4) is 0 Å². The number of amides is 1. The lowest BCUT2D eigenvalue weighted by molar-refractivity contribution is -0.384. The molecule has 1 atom stereocenters. The fraction of sp³-hybridized carbons (Fsp3) is 0.200. The summed E-state index contributed by atoms with van der Waals surface area (Å²) in [5, 5.41) is 10.6. The smallest absolute Gasteiger partial charge is 0.269 e. The Morgan fingerprint density at radius 3 is 2.19 bits per heavy atom. The summed E-state index contributed by atoms with van der Waals surface area (Å²) in [6, 6.07) is 12.5. The minimum absolute atomic E-state index is 0.0112. The van der Waals surface area contributed by atoms with Crippen LogP contribution in [0.2, 0.25) is 0 Å². The highest BCUT2D eigenvalue weighted by Crippen LogP contribution is 2.14. The van der Waals surface area contributed by atoms with Crippen LogP contribution in [0.5, 0.6) is 0 Å². The molecule has 134 valence electrons. The Balaban J connectivity index is 2.04. The molecule has 6 heteroatoms. The number of rotatable bonds is 6. The van der Waals surface area contributed by atoms with Crippen LogP contribution in [0.1, 0.15) is 28.4 Å². The topological polar surface area (TPSA) is 80.5 Å². The summed E-state index contributed by atoms with van der Waals surface area (Å²) in [4.78, 5) is 36.3. The van der Waals surface area contributed by atoms with Crippen molar-refractivity contribution in [3.63, 3.8) is 0 Å². The number of hydrogen-bond acceptors (Lipinski definition) is 4. The molecule has 0 aromatic heterocycles. The lowest BCUT2D eigenvalue weighted by Gasteiger charge is -2.22. The maximum atomic E-state index is 12.5. The van der Waals surface area contributed by atoms with Crippen molar-refractivity contribution >= 4 is 23.5 Å². The normalized spacial score (nSPS) is 12.0. The maximum absolute atomic E-state index is 12.5. The zero-order chi connectivity index (χ0) is 19.3. The molecule has 0 bridgehead atoms. The fourth-order valence-electron chi connectivity index (χ4n) is 2.32. The summed E-state index contributed by atoms with van der Waals surface area (Å²) < 4.78 is 0. The van der Waals surface area contributed by atoms with Crippen LogP contribution < -0.4 is 0 Å². The number of hydrogen-bond donors (Lipinski definition) is 0. The van der Waals surface area contributed by atoms with Gasteiger partial charge >= 0.3 is 0 Å². The largest absolute Gasteiger partial charge is 0.332 e. The van der Waals surface area contributed by atoms with E-state index in [-0.39, 0.29) is 17.4 Å². The quantitative estimate of drug-likeness (QED) is 0.344. The van der Waals surface area contributed by atoms with E-state index in [0.29, 0.717) is 11.1 Å². The van der Waals surface area contributed by atoms with Crippen LogP contribution in [0.15, 0.2) is 54.6 Å². The molecular formula is C20H20N2O4. The molecule has 2 aromatic carbocycles. The third kappa shape index (κ3) is 4.63. The third-order valence-electron chi connectivity index (χ3n) is 4.17. The molecule has 0 saturated carbocycles. The highest BCUT2D eigenvalue weighted by atomic mass is 16.6. The number of nitro groups is 1. The van der Waals surface area contributed by atoms with Crippen molar-refractivity contribution in [2.45, 2.75) is 19.9 Å². The van der Waals surface area contributed by atoms with E-state index in [1.165, 1.54) is 23.1 Å². The monoisotopic (exact) mass is 352 g/mol. The molecule has 1 unspecified atom stereocenters. The van der Waals surface area contributed by atoms with Crippen LogP contribution in [0, 0.1) is 17.0 Å². The summed E-state index contributed by atoms with van der Waals surface area (Å²) in [6.45, 7) is 3.62. The van der Waals surface area contributed by atoms with Crippen molar-refractivity contribution in [3.05, 3.63) is 81.4 Å². The number of nitro benzene ring substituents is 1. The first-order valence-corrected chi connectivity index (χ1v) is 8.10. The van der Waals surface area contributed by atoms with Crippen molar-refractivity contribution in [2.75, 3.05) is 7.05 Å². The number of carbonyl (C=O) groups is 2. The Morgan fingerprint density at radius 1 is 1.08 bits per heavy atom. The minimum atomic E-state index is -0.605. The number of likely N-dealkylation sites (N-methyl/N-ethyl adjacent to an activating group) is 1. The molecule has 0 aliphatic rings. The van der Waals surface area contributed by atoms with E-state index in [2.05, 4.69) is 0 Å². The second-order valence-electron chi connectivity index (χ2n) is 6.04. The van der Waals surface area contributed by atoms with E-state index >= 15 is 0 Å². The third-order valence-corrected chi connectivity index (χ3v) is 4.17. The number of nitrogens with zero attached hydrogens (tertiary/aromatic N) is 2. The Bertz CT molecular complexity index is 839. The maximum Gasteiger partial charge on any atom is 0.269 e. The second kappa shape index (κ2) is 8.20. The zero-order valence-corrected chi connectivity index (χ0v) is 14.9. The Labute approximate surface area is 151 Å². The molecule has 0 saturated heterocycles. The second-order valence-corrected chi connectivity index (χ2v) is 6.04. The molecule has 0 heterocycles. The van der Waals surface area contributed by atoms with Gasteiger partial charge in [-0.05, 0) is 37.6 Å². The predicted molar refractivity (Wildman–Crippen MR) is 99.9 cm³/mol. The van der Waals surface area contributed by atoms with Crippen LogP contribution >= 0.6 is 0 Å². The number of carbonyl (C=O) groups excluding carboxylic acids is 2. The molecular weight excluding hydrogens is 332 g/mol. The number of aryl methyl sites for hydroxylation is 1. The van der Waals surface area contributed by atoms with E-state index in [4.69, 9.17) is 0 Å². The van der Waals surface area contributed by atoms with E-state index in [0.717, 1.165) is 5.56 Å². The van der Waals surface area contributed by atoms with Gasteiger partial charge < -0.3 is 4.90 Å². The lowest BCUT2D eigenvalue weighted by atomic mass is 10.0. The van der Waals surface area contributed by atoms with Gasteiger partial charge in [0.05, 0.1) is 11.0 Å². The molecule has 0 radical (unpaired) electrons. The molecule has 0 fully saturated rings. The molecule has 2 aromatic rings. The van der Waals surface area contributed by atoms with Crippen LogP contribution in [-0.4, -0.2) is 34.6 Å². The molecule has 0 spiro atoms. The van der Waals surface area contributed by atoms with E-state index in [1.807, 2.05) is 19.1 Å². The van der Waals surface area contributed by atoms with Gasteiger partial charge in [-0.2, -0.15) is 0 Å². The Hall–Kier alpha value is -3.28. The van der Waals surface area contributed by atoms with Gasteiger partial charge in [0.2, 0.25) is 5.91 Å². The average molecular weight is 352 g/mol. The van der Waals surface area contributed by atoms with Gasteiger partial charge in [-0.1, -0.05) is 29.8 Å². The Kier molecular flexibility index (Phi) is 6.01. The summed E-state index contributed by atoms with van der Waals surface area (Å²) in [5.41, 5.74) is 2.27. The first-order valence-electron chi connectivity index (χ1n) is 8.10. The van der Waals surface area contributed by atoms with Gasteiger partial charge in [-0.3, -0.25) is 19.7 Å². The van der Waals surface area contributed by atoms with E-state index < -0.39 is 11.0 Å². The molecule has 6 nitrogen and oxygen atoms in total. The Morgan fingerprint density at radius 2 is 1.65 bits per heavy atom. The molecule has 0 aliphatic carbocycles. The number of non-ortho nitro benzene ring substituents is 1. The van der Waals surface area contributed by atoms with Gasteiger partial charge in [0.15, 0.2) is 5.78 Å². The molecule has 2 rings (SSSR count). The van der Waals surface area contributed by atoms with Gasteiger partial charge in [0.25, 0.3) is 5.69 Å². The SMILES string of the molecule is Cc1ccc(C(=O)C(C)N(C)C(=O)/C=C/c2ccc([N+](=O)[O-])cc2)cc1. The predicted octanol–water partition coefficient (Wildman–Crippen LogP) is 3.65. The van der Waals surface area contributed by atoms with Crippen molar-refractivity contribution in [1.29, 1.82) is 0 Å². The van der Waals surface area contributed by atoms with Crippen LogP contribution in [0.25, 0.3) is 6.08 Å². The summed E-state index contributed by atoms with van der Waals surface area (Å²) in [5.74, 6) is -0.457. The van der Waals surface area contributed by atoms with Gasteiger partial charge in [0, 0.05) is 30.8 Å². The van der Waals surface area contributed by atoms with Crippen LogP contribution in [0.3, 0.4) is 0 Å². The average Bonchev–Trinajstić information content (AvgIpc) is 2.65. The summed E-state index contributed by atoms with van der Waals surface area (Å²) >= 11 is 0. The molecule has 0 aliphatic heterocycles. The fourth-order valence-corrected chi connectivity index (χ4v) is 2.32. The van der Waals surface area contributed by atoms with Gasteiger partial charge in [-0.25, -0.2) is 0 Å². The highest BCUT2D eigenvalue weighted by molar-refractivity contribution is 6.03. The number of benzene rings is 2. The number of Topliss-reactive ketones (excluding diaryl/α,β-unsaturated/α-hetero) is 1. The number of ketones is 1. The van der Waals surface area contributed by atoms with E-state index in [1.54, 1.807) is 44.3 Å². The summed E-state index contributed by atoms with van der Waals surface area (Å²) in [7, 11) is 1.57. The van der Waals surface area contributed by atoms with E-state index in [9.17, 15) is 19.7 Å². The lowest BCUT2D eigenvalue weighted by Crippen LogP contribution is -2.39. The van der Waals surface area contributed by atoms with Crippen molar-refractivity contribution in [1.82, 2.24) is 4.90 Å². The van der Waals surface area contributed by atoms with Crippen LogP contribution in [0.4, 0.5) is 5.69 Å². The van der Waals surface area contributed by atoms with Gasteiger partial charge in [-0.15, -0.1) is 0 Å². The van der Waals surface area contributed by atoms with Gasteiger partial charge in [0.1, 0.15) is 0 Å². The highest BCUT2D eigenvalue weighted by Gasteiger charge is 2.22. The minimum Gasteiger partial charge on any atom is -0.332 e. The first kappa shape index (κ1) is 19.1. The molecule has 26 heavy (non-hydrogen) atoms. The van der Waals surface area contributed by atoms with Crippen molar-refractivity contribution < 1.29 is 14.5 Å². The van der Waals surface area contributed by atoms with Crippen molar-refractivity contribution in [2.24, 2.45) is 0 Å².